The van der Waals surface area contributed by atoms with E-state index in [0.717, 1.165) is 12.1 Å². The number of benzene rings is 1. The molecule has 0 N–H and O–H groups in total. The first kappa shape index (κ1) is 10.0. The summed E-state index contributed by atoms with van der Waals surface area (Å²) in [5.41, 5.74) is 1.99. The Balaban J connectivity index is 2.14. The van der Waals surface area contributed by atoms with E-state index >= 15 is 0 Å². The van der Waals surface area contributed by atoms with Crippen molar-refractivity contribution in [1.29, 1.82) is 5.26 Å². The van der Waals surface area contributed by atoms with Crippen LogP contribution >= 0.6 is 0 Å². The maximum Gasteiger partial charge on any atom is 0.0991 e. The number of nitriles is 1. The van der Waals surface area contributed by atoms with Crippen molar-refractivity contribution in [2.75, 3.05) is 11.4 Å². The molecule has 1 saturated heterocycles. The number of anilines is 1. The Bertz CT molecular complexity index is 373. The van der Waals surface area contributed by atoms with Crippen LogP contribution in [0.1, 0.15) is 25.8 Å². The SMILES string of the molecule is CC(C)C1CCN1c1ccc(C#N)cc1. The summed E-state index contributed by atoms with van der Waals surface area (Å²) in [4.78, 5) is 2.42. The van der Waals surface area contributed by atoms with Gasteiger partial charge in [-0.05, 0) is 36.6 Å². The largest absolute Gasteiger partial charge is 0.368 e. The van der Waals surface area contributed by atoms with E-state index in [-0.39, 0.29) is 0 Å². The Labute approximate surface area is 91.1 Å². The van der Waals surface area contributed by atoms with Crippen LogP contribution in [0.4, 0.5) is 5.69 Å². The summed E-state index contributed by atoms with van der Waals surface area (Å²) in [5, 5.41) is 8.71. The highest BCUT2D eigenvalue weighted by Gasteiger charge is 2.30. The molecule has 1 atom stereocenters. The summed E-state index contributed by atoms with van der Waals surface area (Å²) in [6, 6.07) is 10.7. The van der Waals surface area contributed by atoms with Gasteiger partial charge in [-0.1, -0.05) is 13.8 Å². The number of nitrogens with zero attached hydrogens (tertiary/aromatic N) is 2. The van der Waals surface area contributed by atoms with Gasteiger partial charge in [0, 0.05) is 18.3 Å². The van der Waals surface area contributed by atoms with E-state index in [1.165, 1.54) is 12.1 Å². The highest BCUT2D eigenvalue weighted by atomic mass is 15.2. The molecular weight excluding hydrogens is 184 g/mol. The quantitative estimate of drug-likeness (QED) is 0.734. The summed E-state index contributed by atoms with van der Waals surface area (Å²) in [6.45, 7) is 5.68. The third-order valence-electron chi connectivity index (χ3n) is 3.16. The van der Waals surface area contributed by atoms with Crippen molar-refractivity contribution in [2.24, 2.45) is 5.92 Å². The lowest BCUT2D eigenvalue weighted by Gasteiger charge is -2.45. The molecule has 1 aliphatic heterocycles. The molecule has 1 fully saturated rings. The molecule has 1 aromatic carbocycles. The van der Waals surface area contributed by atoms with Gasteiger partial charge in [0.15, 0.2) is 0 Å². The summed E-state index contributed by atoms with van der Waals surface area (Å²) in [5.74, 6) is 0.703. The maximum absolute atomic E-state index is 8.71. The van der Waals surface area contributed by atoms with Crippen LogP contribution in [0.25, 0.3) is 0 Å². The fourth-order valence-corrected chi connectivity index (χ4v) is 2.15. The molecule has 0 aliphatic carbocycles. The zero-order valence-electron chi connectivity index (χ0n) is 9.27. The van der Waals surface area contributed by atoms with E-state index in [4.69, 9.17) is 5.26 Å². The molecule has 2 nitrogen and oxygen atoms in total. The smallest absolute Gasteiger partial charge is 0.0991 e. The summed E-state index contributed by atoms with van der Waals surface area (Å²) in [7, 11) is 0. The molecule has 2 heteroatoms. The van der Waals surface area contributed by atoms with E-state index in [1.54, 1.807) is 0 Å². The zero-order valence-corrected chi connectivity index (χ0v) is 9.27. The Morgan fingerprint density at radius 1 is 1.33 bits per heavy atom. The van der Waals surface area contributed by atoms with E-state index < -0.39 is 0 Å². The van der Waals surface area contributed by atoms with E-state index in [9.17, 15) is 0 Å². The molecule has 0 aromatic heterocycles. The fourth-order valence-electron chi connectivity index (χ4n) is 2.15. The van der Waals surface area contributed by atoms with Crippen molar-refractivity contribution < 1.29 is 0 Å². The first-order chi connectivity index (χ1) is 7.22. The molecule has 0 saturated carbocycles. The van der Waals surface area contributed by atoms with Gasteiger partial charge in [-0.15, -0.1) is 0 Å². The topological polar surface area (TPSA) is 27.0 Å². The monoisotopic (exact) mass is 200 g/mol. The molecule has 0 spiro atoms. The predicted molar refractivity (Wildman–Crippen MR) is 61.7 cm³/mol. The van der Waals surface area contributed by atoms with E-state index in [2.05, 4.69) is 24.8 Å². The Hall–Kier alpha value is -1.49. The second kappa shape index (κ2) is 3.94. The van der Waals surface area contributed by atoms with Crippen LogP contribution in [0, 0.1) is 17.2 Å². The number of hydrogen-bond acceptors (Lipinski definition) is 2. The van der Waals surface area contributed by atoms with Crippen molar-refractivity contribution in [3.8, 4) is 6.07 Å². The standard InChI is InChI=1S/C13H16N2/c1-10(2)13-7-8-15(13)12-5-3-11(9-14)4-6-12/h3-6,10,13H,7-8H2,1-2H3. The Morgan fingerprint density at radius 3 is 2.40 bits per heavy atom. The molecule has 0 bridgehead atoms. The van der Waals surface area contributed by atoms with Crippen molar-refractivity contribution in [2.45, 2.75) is 26.3 Å². The molecule has 78 valence electrons. The Morgan fingerprint density at radius 2 is 2.00 bits per heavy atom. The molecule has 2 rings (SSSR count). The third-order valence-corrected chi connectivity index (χ3v) is 3.16. The van der Waals surface area contributed by atoms with E-state index in [1.807, 2.05) is 24.3 Å². The lowest BCUT2D eigenvalue weighted by molar-refractivity contribution is 0.352. The van der Waals surface area contributed by atoms with Crippen LogP contribution in [0.5, 0.6) is 0 Å². The molecule has 0 radical (unpaired) electrons. The van der Waals surface area contributed by atoms with Gasteiger partial charge < -0.3 is 4.90 Å². The summed E-state index contributed by atoms with van der Waals surface area (Å²) in [6.07, 6.45) is 1.29. The number of rotatable bonds is 2. The second-order valence-electron chi connectivity index (χ2n) is 4.45. The van der Waals surface area contributed by atoms with Gasteiger partial charge >= 0.3 is 0 Å². The fraction of sp³-hybridized carbons (Fsp3) is 0.462. The van der Waals surface area contributed by atoms with Crippen LogP contribution < -0.4 is 4.90 Å². The number of hydrogen-bond donors (Lipinski definition) is 0. The van der Waals surface area contributed by atoms with Crippen molar-refractivity contribution >= 4 is 5.69 Å². The van der Waals surface area contributed by atoms with Crippen LogP contribution in [0.3, 0.4) is 0 Å². The maximum atomic E-state index is 8.71. The van der Waals surface area contributed by atoms with Crippen LogP contribution in [-0.4, -0.2) is 12.6 Å². The van der Waals surface area contributed by atoms with Gasteiger partial charge in [0.1, 0.15) is 0 Å². The second-order valence-corrected chi connectivity index (χ2v) is 4.45. The van der Waals surface area contributed by atoms with Crippen LogP contribution in [-0.2, 0) is 0 Å². The Kier molecular flexibility index (Phi) is 2.64. The first-order valence-electron chi connectivity index (χ1n) is 5.49. The predicted octanol–water partition coefficient (Wildman–Crippen LogP) is 2.79. The minimum Gasteiger partial charge on any atom is -0.368 e. The molecule has 0 amide bonds. The van der Waals surface area contributed by atoms with Crippen LogP contribution in [0.2, 0.25) is 0 Å². The average molecular weight is 200 g/mol. The molecule has 1 aromatic rings. The minimum absolute atomic E-state index is 0.679. The zero-order chi connectivity index (χ0) is 10.8. The van der Waals surface area contributed by atoms with Crippen LogP contribution in [0.15, 0.2) is 24.3 Å². The van der Waals surface area contributed by atoms with Gasteiger partial charge in [0.25, 0.3) is 0 Å². The average Bonchev–Trinajstić information content (AvgIpc) is 2.16. The normalized spacial score (nSPS) is 19.9. The van der Waals surface area contributed by atoms with Gasteiger partial charge in [0.2, 0.25) is 0 Å². The lowest BCUT2D eigenvalue weighted by atomic mass is 9.91. The minimum atomic E-state index is 0.679. The lowest BCUT2D eigenvalue weighted by Crippen LogP contribution is -2.50. The van der Waals surface area contributed by atoms with Crippen molar-refractivity contribution in [3.05, 3.63) is 29.8 Å². The van der Waals surface area contributed by atoms with Crippen molar-refractivity contribution in [3.63, 3.8) is 0 Å². The van der Waals surface area contributed by atoms with Gasteiger partial charge in [-0.25, -0.2) is 0 Å². The van der Waals surface area contributed by atoms with Gasteiger partial charge in [-0.3, -0.25) is 0 Å². The summed E-state index contributed by atoms with van der Waals surface area (Å²) >= 11 is 0. The van der Waals surface area contributed by atoms with E-state index in [0.29, 0.717) is 12.0 Å². The highest BCUT2D eigenvalue weighted by molar-refractivity contribution is 5.52. The summed E-state index contributed by atoms with van der Waals surface area (Å²) < 4.78 is 0. The molecular formula is C13H16N2. The van der Waals surface area contributed by atoms with Gasteiger partial charge in [-0.2, -0.15) is 5.26 Å². The highest BCUT2D eigenvalue weighted by Crippen LogP contribution is 2.30. The van der Waals surface area contributed by atoms with Crippen molar-refractivity contribution in [1.82, 2.24) is 0 Å². The molecule has 1 unspecified atom stereocenters. The molecule has 1 aliphatic rings. The first-order valence-corrected chi connectivity index (χ1v) is 5.49. The third kappa shape index (κ3) is 1.83. The molecule has 15 heavy (non-hydrogen) atoms. The molecule has 1 heterocycles. The van der Waals surface area contributed by atoms with Gasteiger partial charge in [0.05, 0.1) is 11.6 Å².